The summed E-state index contributed by atoms with van der Waals surface area (Å²) in [6.07, 6.45) is 0.739. The van der Waals surface area contributed by atoms with Crippen molar-refractivity contribution in [1.29, 1.82) is 0 Å². The molecule has 220 valence electrons. The number of halogens is 3. The third-order valence-electron chi connectivity index (χ3n) is 7.71. The minimum Gasteiger partial charge on any atom is -0.437 e. The van der Waals surface area contributed by atoms with Gasteiger partial charge in [0.25, 0.3) is 0 Å². The summed E-state index contributed by atoms with van der Waals surface area (Å²) in [6.45, 7) is 3.63. The van der Waals surface area contributed by atoms with Gasteiger partial charge in [0, 0.05) is 57.3 Å². The lowest BCUT2D eigenvalue weighted by Gasteiger charge is -2.32. The first-order chi connectivity index (χ1) is 20.1. The molecule has 2 aromatic heterocycles. The highest BCUT2D eigenvalue weighted by Crippen LogP contribution is 2.45. The Bertz CT molecular complexity index is 1610. The van der Waals surface area contributed by atoms with E-state index >= 15 is 0 Å². The topological polar surface area (TPSA) is 87.6 Å². The third kappa shape index (κ3) is 6.34. The minimum absolute atomic E-state index is 0.0923. The Kier molecular flexibility index (Phi) is 7.50. The Hall–Kier alpha value is -4.16. The Morgan fingerprint density at radius 2 is 1.79 bits per heavy atom. The van der Waals surface area contributed by atoms with Gasteiger partial charge in [0.05, 0.1) is 11.1 Å². The van der Waals surface area contributed by atoms with Crippen molar-refractivity contribution in [3.63, 3.8) is 0 Å². The zero-order valence-corrected chi connectivity index (χ0v) is 23.4. The number of carbonyl (C=O) groups excluding carboxylic acids is 1. The number of aryl methyl sites for hydroxylation is 1. The van der Waals surface area contributed by atoms with Crippen LogP contribution in [0.1, 0.15) is 35.4 Å². The highest BCUT2D eigenvalue weighted by atomic mass is 19.4. The molecule has 0 spiro atoms. The molecule has 1 saturated heterocycles. The molecule has 42 heavy (non-hydrogen) atoms. The molecule has 0 unspecified atom stereocenters. The molecular weight excluding hydrogens is 547 g/mol. The fourth-order valence-corrected chi connectivity index (χ4v) is 5.29. The Balaban J connectivity index is 1.19. The lowest BCUT2D eigenvalue weighted by atomic mass is 10.1. The summed E-state index contributed by atoms with van der Waals surface area (Å²) in [5.74, 6) is 1.24. The summed E-state index contributed by atoms with van der Waals surface area (Å²) < 4.78 is 49.2. The standard InChI is InChI=1S/C30H32F3N7O2/c1-38-9-11-40(12-10-38)17-19-13-21(30(31,32)33)15-22(14-19)36-29(41)37-25-6-5-23(16-24(25)20-3-4-20)42-28-27-26(34-18-35-28)7-8-39(27)2/h5-8,13-16,18,20H,3-4,9-12,17H2,1-2H3,(H2,36,37,41). The van der Waals surface area contributed by atoms with E-state index in [4.69, 9.17) is 4.74 Å². The number of amides is 2. The predicted molar refractivity (Wildman–Crippen MR) is 154 cm³/mol. The van der Waals surface area contributed by atoms with Crippen molar-refractivity contribution in [2.45, 2.75) is 31.5 Å². The maximum absolute atomic E-state index is 13.7. The second-order valence-corrected chi connectivity index (χ2v) is 11.0. The van der Waals surface area contributed by atoms with Crippen molar-refractivity contribution >= 4 is 28.4 Å². The molecule has 1 aliphatic heterocycles. The van der Waals surface area contributed by atoms with Gasteiger partial charge in [-0.05, 0) is 79.4 Å². The zero-order chi connectivity index (χ0) is 29.4. The van der Waals surface area contributed by atoms with Crippen molar-refractivity contribution in [2.75, 3.05) is 43.9 Å². The molecule has 0 radical (unpaired) electrons. The molecule has 1 saturated carbocycles. The lowest BCUT2D eigenvalue weighted by Crippen LogP contribution is -2.43. The van der Waals surface area contributed by atoms with Crippen LogP contribution in [-0.4, -0.2) is 63.6 Å². The van der Waals surface area contributed by atoms with E-state index in [1.165, 1.54) is 6.33 Å². The number of nitrogens with one attached hydrogen (secondary N) is 2. The first-order valence-electron chi connectivity index (χ1n) is 13.9. The van der Waals surface area contributed by atoms with E-state index in [9.17, 15) is 18.0 Å². The smallest absolute Gasteiger partial charge is 0.416 e. The Morgan fingerprint density at radius 3 is 2.52 bits per heavy atom. The molecule has 4 aromatic rings. The molecule has 2 aromatic carbocycles. The lowest BCUT2D eigenvalue weighted by molar-refractivity contribution is -0.137. The number of carbonyl (C=O) groups is 1. The van der Waals surface area contributed by atoms with E-state index in [1.807, 2.05) is 37.0 Å². The number of rotatable bonds is 7. The van der Waals surface area contributed by atoms with Gasteiger partial charge in [0.15, 0.2) is 0 Å². The van der Waals surface area contributed by atoms with Crippen LogP contribution >= 0.6 is 0 Å². The number of aromatic nitrogens is 3. The number of benzene rings is 2. The van der Waals surface area contributed by atoms with E-state index in [0.29, 0.717) is 29.4 Å². The second kappa shape index (κ2) is 11.3. The van der Waals surface area contributed by atoms with Crippen LogP contribution in [-0.2, 0) is 19.8 Å². The van der Waals surface area contributed by atoms with Crippen LogP contribution in [0.25, 0.3) is 11.0 Å². The number of piperazine rings is 1. The fraction of sp³-hybridized carbons (Fsp3) is 0.367. The third-order valence-corrected chi connectivity index (χ3v) is 7.71. The van der Waals surface area contributed by atoms with Crippen LogP contribution in [0.2, 0.25) is 0 Å². The summed E-state index contributed by atoms with van der Waals surface area (Å²) in [7, 11) is 3.91. The number of nitrogens with zero attached hydrogens (tertiary/aromatic N) is 5. The maximum Gasteiger partial charge on any atom is 0.416 e. The summed E-state index contributed by atoms with van der Waals surface area (Å²) in [4.78, 5) is 25.9. The Labute approximate surface area is 241 Å². The molecule has 0 bridgehead atoms. The van der Waals surface area contributed by atoms with Crippen LogP contribution in [0, 0.1) is 0 Å². The summed E-state index contributed by atoms with van der Waals surface area (Å²) in [5, 5.41) is 5.46. The summed E-state index contributed by atoms with van der Waals surface area (Å²) in [5.41, 5.74) is 2.82. The van der Waals surface area contributed by atoms with Crippen LogP contribution in [0.4, 0.5) is 29.3 Å². The van der Waals surface area contributed by atoms with E-state index in [0.717, 1.165) is 67.8 Å². The number of anilines is 2. The van der Waals surface area contributed by atoms with Crippen molar-refractivity contribution in [1.82, 2.24) is 24.3 Å². The van der Waals surface area contributed by atoms with Crippen molar-refractivity contribution in [2.24, 2.45) is 7.05 Å². The minimum atomic E-state index is -4.53. The van der Waals surface area contributed by atoms with Gasteiger partial charge in [-0.15, -0.1) is 0 Å². The van der Waals surface area contributed by atoms with Crippen LogP contribution < -0.4 is 15.4 Å². The van der Waals surface area contributed by atoms with Gasteiger partial charge in [-0.1, -0.05) is 0 Å². The molecule has 2 amide bonds. The van der Waals surface area contributed by atoms with E-state index in [-0.39, 0.29) is 11.6 Å². The van der Waals surface area contributed by atoms with Gasteiger partial charge < -0.3 is 24.8 Å². The van der Waals surface area contributed by atoms with Crippen molar-refractivity contribution < 1.29 is 22.7 Å². The summed E-state index contributed by atoms with van der Waals surface area (Å²) >= 11 is 0. The van der Waals surface area contributed by atoms with Gasteiger partial charge in [-0.3, -0.25) is 4.90 Å². The normalized spacial score (nSPS) is 16.5. The number of ether oxygens (including phenoxy) is 1. The number of likely N-dealkylation sites (N-methyl/N-ethyl adjacent to an activating group) is 1. The van der Waals surface area contributed by atoms with E-state index < -0.39 is 17.8 Å². The molecule has 2 N–H and O–H groups in total. The quantitative estimate of drug-likeness (QED) is 0.277. The monoisotopic (exact) mass is 579 g/mol. The fourth-order valence-electron chi connectivity index (χ4n) is 5.29. The van der Waals surface area contributed by atoms with Crippen molar-refractivity contribution in [3.8, 4) is 11.6 Å². The number of alkyl halides is 3. The first-order valence-corrected chi connectivity index (χ1v) is 13.9. The number of hydrogen-bond acceptors (Lipinski definition) is 6. The Morgan fingerprint density at radius 1 is 1.00 bits per heavy atom. The molecule has 0 atom stereocenters. The molecule has 2 aliphatic rings. The summed E-state index contributed by atoms with van der Waals surface area (Å²) in [6, 6.07) is 10.4. The zero-order valence-electron chi connectivity index (χ0n) is 23.4. The predicted octanol–water partition coefficient (Wildman–Crippen LogP) is 6.05. The number of urea groups is 1. The molecule has 3 heterocycles. The SMILES string of the molecule is CN1CCN(Cc2cc(NC(=O)Nc3ccc(Oc4ncnc5ccn(C)c45)cc3C3CC3)cc(C(F)(F)F)c2)CC1. The molecule has 6 rings (SSSR count). The average Bonchev–Trinajstić information content (AvgIpc) is 3.72. The highest BCUT2D eigenvalue weighted by molar-refractivity contribution is 6.00. The highest BCUT2D eigenvalue weighted by Gasteiger charge is 2.32. The molecule has 9 nitrogen and oxygen atoms in total. The van der Waals surface area contributed by atoms with Gasteiger partial charge in [0.2, 0.25) is 5.88 Å². The van der Waals surface area contributed by atoms with Gasteiger partial charge in [-0.2, -0.15) is 18.2 Å². The van der Waals surface area contributed by atoms with Gasteiger partial charge >= 0.3 is 12.2 Å². The molecule has 2 fully saturated rings. The van der Waals surface area contributed by atoms with E-state index in [1.54, 1.807) is 18.2 Å². The second-order valence-electron chi connectivity index (χ2n) is 11.0. The van der Waals surface area contributed by atoms with Gasteiger partial charge in [0.1, 0.15) is 17.6 Å². The van der Waals surface area contributed by atoms with Crippen LogP contribution in [0.5, 0.6) is 11.6 Å². The van der Waals surface area contributed by atoms with E-state index in [2.05, 4.69) is 30.4 Å². The first kappa shape index (κ1) is 28.0. The largest absolute Gasteiger partial charge is 0.437 e. The van der Waals surface area contributed by atoms with Crippen LogP contribution in [0.3, 0.4) is 0 Å². The number of fused-ring (bicyclic) bond motifs is 1. The van der Waals surface area contributed by atoms with Crippen molar-refractivity contribution in [3.05, 3.63) is 71.7 Å². The number of hydrogen-bond donors (Lipinski definition) is 2. The molecule has 12 heteroatoms. The molecule has 1 aliphatic carbocycles. The van der Waals surface area contributed by atoms with Crippen LogP contribution in [0.15, 0.2) is 55.0 Å². The molecular formula is C30H32F3N7O2. The average molecular weight is 580 g/mol. The van der Waals surface area contributed by atoms with Gasteiger partial charge in [-0.25, -0.2) is 9.78 Å². The maximum atomic E-state index is 13.7.